The van der Waals surface area contributed by atoms with Crippen molar-refractivity contribution < 1.29 is 22.7 Å². The predicted octanol–water partition coefficient (Wildman–Crippen LogP) is 3.12. The highest BCUT2D eigenvalue weighted by Crippen LogP contribution is 2.28. The van der Waals surface area contributed by atoms with Crippen molar-refractivity contribution >= 4 is 33.4 Å². The van der Waals surface area contributed by atoms with Crippen LogP contribution in [0.25, 0.3) is 0 Å². The summed E-state index contributed by atoms with van der Waals surface area (Å²) in [4.78, 5) is 12.2. The molecule has 9 heteroatoms. The van der Waals surface area contributed by atoms with Crippen molar-refractivity contribution in [1.29, 1.82) is 0 Å². The van der Waals surface area contributed by atoms with E-state index < -0.39 is 16.1 Å². The van der Waals surface area contributed by atoms with Crippen molar-refractivity contribution in [2.45, 2.75) is 29.7 Å². The molecule has 0 aliphatic rings. The van der Waals surface area contributed by atoms with Crippen LogP contribution in [0.5, 0.6) is 11.5 Å². The summed E-state index contributed by atoms with van der Waals surface area (Å²) in [7, 11) is -2.24. The summed E-state index contributed by atoms with van der Waals surface area (Å²) in [6.45, 7) is 3.21. The summed E-state index contributed by atoms with van der Waals surface area (Å²) in [5.74, 6) is 0.842. The number of carbonyl (C=O) groups is 1. The average Bonchev–Trinajstić information content (AvgIpc) is 2.65. The molecule has 2 aromatic carbocycles. The summed E-state index contributed by atoms with van der Waals surface area (Å²) < 4.78 is 38.9. The minimum Gasteiger partial charge on any atom is -0.493 e. The first kappa shape index (κ1) is 22.1. The monoisotopic (exact) mass is 424 g/mol. The largest absolute Gasteiger partial charge is 0.493 e. The Morgan fingerprint density at radius 1 is 1.18 bits per heavy atom. The Morgan fingerprint density at radius 2 is 1.86 bits per heavy atom. The van der Waals surface area contributed by atoms with Gasteiger partial charge in [-0.05, 0) is 43.5 Å². The van der Waals surface area contributed by atoms with Crippen molar-refractivity contribution in [1.82, 2.24) is 4.72 Å². The lowest BCUT2D eigenvalue weighted by atomic mass is 10.3. The molecule has 0 spiro atoms. The van der Waals surface area contributed by atoms with E-state index in [0.29, 0.717) is 17.2 Å². The first-order valence-electron chi connectivity index (χ1n) is 8.50. The Hall–Kier alpha value is -2.23. The van der Waals surface area contributed by atoms with E-state index in [9.17, 15) is 13.2 Å². The molecule has 0 fully saturated rings. The zero-order valence-electron chi connectivity index (χ0n) is 16.2. The number of para-hydroxylation sites is 2. The molecule has 28 heavy (non-hydrogen) atoms. The highest BCUT2D eigenvalue weighted by molar-refractivity contribution is 7.98. The second-order valence-electron chi connectivity index (χ2n) is 6.03. The van der Waals surface area contributed by atoms with Gasteiger partial charge in [0, 0.05) is 11.8 Å². The van der Waals surface area contributed by atoms with Gasteiger partial charge in [-0.25, -0.2) is 13.1 Å². The number of anilines is 1. The molecule has 2 aromatic rings. The van der Waals surface area contributed by atoms with Crippen molar-refractivity contribution in [2.75, 3.05) is 25.3 Å². The molecular weight excluding hydrogens is 400 g/mol. The van der Waals surface area contributed by atoms with E-state index in [0.717, 1.165) is 4.90 Å². The Kier molecular flexibility index (Phi) is 7.73. The van der Waals surface area contributed by atoms with Crippen molar-refractivity contribution in [3.05, 3.63) is 42.5 Å². The van der Waals surface area contributed by atoms with Crippen LogP contribution in [0.15, 0.2) is 52.3 Å². The van der Waals surface area contributed by atoms with Gasteiger partial charge in [-0.15, -0.1) is 11.8 Å². The Balaban J connectivity index is 2.11. The molecule has 7 nitrogen and oxygen atoms in total. The number of nitrogens with one attached hydrogen (secondary N) is 2. The molecule has 1 amide bonds. The van der Waals surface area contributed by atoms with Gasteiger partial charge in [0.05, 0.1) is 23.7 Å². The normalized spacial score (nSPS) is 12.3. The zero-order chi connectivity index (χ0) is 20.7. The molecule has 152 valence electrons. The zero-order valence-corrected chi connectivity index (χ0v) is 17.8. The Morgan fingerprint density at radius 3 is 2.46 bits per heavy atom. The fraction of sp³-hybridized carbons (Fsp3) is 0.316. The van der Waals surface area contributed by atoms with E-state index in [-0.39, 0.29) is 17.4 Å². The molecule has 0 saturated heterocycles. The maximum Gasteiger partial charge on any atom is 0.241 e. The number of hydrogen-bond donors (Lipinski definition) is 2. The number of carbonyl (C=O) groups excluding carboxylic acids is 1. The summed E-state index contributed by atoms with van der Waals surface area (Å²) in [5.41, 5.74) is 0.459. The third kappa shape index (κ3) is 5.88. The van der Waals surface area contributed by atoms with E-state index in [2.05, 4.69) is 10.0 Å². The third-order valence-electron chi connectivity index (χ3n) is 3.71. The lowest BCUT2D eigenvalue weighted by Gasteiger charge is -2.17. The van der Waals surface area contributed by atoms with Crippen LogP contribution in [0, 0.1) is 0 Å². The maximum atomic E-state index is 12.7. The fourth-order valence-electron chi connectivity index (χ4n) is 2.46. The smallest absolute Gasteiger partial charge is 0.241 e. The van der Waals surface area contributed by atoms with Gasteiger partial charge < -0.3 is 14.8 Å². The third-order valence-corrected chi connectivity index (χ3v) is 6.09. The lowest BCUT2D eigenvalue weighted by Crippen LogP contribution is -2.36. The number of rotatable bonds is 9. The van der Waals surface area contributed by atoms with Gasteiger partial charge in [0.15, 0.2) is 11.5 Å². The molecule has 0 heterocycles. The number of benzene rings is 2. The van der Waals surface area contributed by atoms with Crippen LogP contribution in [0.3, 0.4) is 0 Å². The van der Waals surface area contributed by atoms with Crippen LogP contribution in [0.1, 0.15) is 13.8 Å². The summed E-state index contributed by atoms with van der Waals surface area (Å²) >= 11 is 1.42. The van der Waals surface area contributed by atoms with E-state index in [1.807, 2.05) is 18.4 Å². The molecule has 1 unspecified atom stereocenters. The van der Waals surface area contributed by atoms with Gasteiger partial charge in [0.2, 0.25) is 15.9 Å². The SMILES string of the molecule is COc1ccccc1OCC(C)NS(=O)(=O)c1ccc(SC)c(NC(C)=O)c1. The number of thioether (sulfide) groups is 1. The van der Waals surface area contributed by atoms with Crippen LogP contribution in [-0.4, -0.2) is 40.3 Å². The number of methoxy groups -OCH3 is 1. The highest BCUT2D eigenvalue weighted by atomic mass is 32.2. The lowest BCUT2D eigenvalue weighted by molar-refractivity contribution is -0.114. The number of hydrogen-bond acceptors (Lipinski definition) is 6. The fourth-order valence-corrected chi connectivity index (χ4v) is 4.25. The molecule has 0 aliphatic heterocycles. The number of sulfonamides is 1. The van der Waals surface area contributed by atoms with Gasteiger partial charge in [-0.1, -0.05) is 12.1 Å². The molecule has 0 aromatic heterocycles. The standard InChI is InChI=1S/C19H24N2O5S2/c1-13(12-26-18-8-6-5-7-17(18)25-3)21-28(23,24)15-9-10-19(27-4)16(11-15)20-14(2)22/h5-11,13,21H,12H2,1-4H3,(H,20,22). The van der Waals surface area contributed by atoms with Gasteiger partial charge in [0.25, 0.3) is 0 Å². The second-order valence-corrected chi connectivity index (χ2v) is 8.59. The van der Waals surface area contributed by atoms with Crippen LogP contribution in [0.2, 0.25) is 0 Å². The quantitative estimate of drug-likeness (QED) is 0.601. The molecule has 0 radical (unpaired) electrons. The van der Waals surface area contributed by atoms with Gasteiger partial charge in [-0.3, -0.25) is 4.79 Å². The van der Waals surface area contributed by atoms with Crippen LogP contribution in [-0.2, 0) is 14.8 Å². The highest BCUT2D eigenvalue weighted by Gasteiger charge is 2.20. The number of ether oxygens (including phenoxy) is 2. The van der Waals surface area contributed by atoms with Crippen LogP contribution >= 0.6 is 11.8 Å². The Bertz CT molecular complexity index is 932. The molecular formula is C19H24N2O5S2. The van der Waals surface area contributed by atoms with E-state index >= 15 is 0 Å². The topological polar surface area (TPSA) is 93.7 Å². The van der Waals surface area contributed by atoms with Crippen molar-refractivity contribution in [2.24, 2.45) is 0 Å². The molecule has 0 saturated carbocycles. The number of amides is 1. The minimum absolute atomic E-state index is 0.0678. The molecule has 1 atom stereocenters. The second kappa shape index (κ2) is 9.81. The van der Waals surface area contributed by atoms with E-state index in [4.69, 9.17) is 9.47 Å². The minimum atomic E-state index is -3.78. The average molecular weight is 425 g/mol. The molecule has 2 N–H and O–H groups in total. The first-order chi connectivity index (χ1) is 13.3. The van der Waals surface area contributed by atoms with Crippen LogP contribution < -0.4 is 19.5 Å². The van der Waals surface area contributed by atoms with Crippen molar-refractivity contribution in [3.8, 4) is 11.5 Å². The molecule has 0 bridgehead atoms. The summed E-state index contributed by atoms with van der Waals surface area (Å²) in [5, 5.41) is 2.66. The van der Waals surface area contributed by atoms with Gasteiger partial charge in [0.1, 0.15) is 6.61 Å². The van der Waals surface area contributed by atoms with Crippen molar-refractivity contribution in [3.63, 3.8) is 0 Å². The van der Waals surface area contributed by atoms with Crippen LogP contribution in [0.4, 0.5) is 5.69 Å². The van der Waals surface area contributed by atoms with Gasteiger partial charge >= 0.3 is 0 Å². The molecule has 0 aliphatic carbocycles. The Labute approximate surface area is 169 Å². The maximum absolute atomic E-state index is 12.7. The summed E-state index contributed by atoms with van der Waals surface area (Å²) in [6, 6.07) is 11.3. The molecule has 2 rings (SSSR count). The summed E-state index contributed by atoms with van der Waals surface area (Å²) in [6.07, 6.45) is 1.85. The predicted molar refractivity (Wildman–Crippen MR) is 111 cm³/mol. The van der Waals surface area contributed by atoms with Gasteiger partial charge in [-0.2, -0.15) is 0 Å². The van der Waals surface area contributed by atoms with E-state index in [1.54, 1.807) is 32.2 Å². The first-order valence-corrected chi connectivity index (χ1v) is 11.2. The van der Waals surface area contributed by atoms with E-state index in [1.165, 1.54) is 30.8 Å².